The summed E-state index contributed by atoms with van der Waals surface area (Å²) in [7, 11) is 0. The number of halogens is 2. The van der Waals surface area contributed by atoms with Crippen LogP contribution in [-0.4, -0.2) is 0 Å². The Hall–Kier alpha value is 1.06. The maximum Gasteiger partial charge on any atom is 2.00 e. The van der Waals surface area contributed by atoms with Crippen molar-refractivity contribution in [3.8, 4) is 0 Å². The van der Waals surface area contributed by atoms with Gasteiger partial charge in [-0.3, -0.25) is 0 Å². The van der Waals surface area contributed by atoms with E-state index in [1.807, 2.05) is 0 Å². The second-order valence-electron chi connectivity index (χ2n) is 0. The molecule has 0 aliphatic carbocycles. The van der Waals surface area contributed by atoms with Crippen molar-refractivity contribution in [2.45, 2.75) is 0 Å². The zero-order valence-corrected chi connectivity index (χ0v) is 4.13. The minimum absolute atomic E-state index is 0. The molecule has 0 bridgehead atoms. The molecule has 0 atom stereocenters. The molecule has 0 aliphatic heterocycles. The molecular formula is Cl2FeO. The predicted molar refractivity (Wildman–Crippen MR) is 0.686 cm³/mol. The van der Waals surface area contributed by atoms with Gasteiger partial charge in [0.1, 0.15) is 0 Å². The predicted octanol–water partition coefficient (Wildman–Crippen LogP) is -6.11. The van der Waals surface area contributed by atoms with Crippen LogP contribution in [0.15, 0.2) is 0 Å². The number of hydrogen-bond acceptors (Lipinski definition) is 0. The van der Waals surface area contributed by atoms with Gasteiger partial charge in [0, 0.05) is 5.48 Å². The fourth-order valence-corrected chi connectivity index (χ4v) is 0. The molecule has 0 fully saturated rings. The Morgan fingerprint density at radius 3 is 0.750 bits per heavy atom. The van der Waals surface area contributed by atoms with E-state index in [2.05, 4.69) is 0 Å². The molecule has 0 N–H and O–H groups in total. The number of rotatable bonds is 0. The van der Waals surface area contributed by atoms with Gasteiger partial charge in [0.2, 0.25) is 0 Å². The summed E-state index contributed by atoms with van der Waals surface area (Å²) < 4.78 is 0. The molecular weight excluding hydrogens is 143 g/mol. The van der Waals surface area contributed by atoms with Gasteiger partial charge in [-0.25, -0.2) is 0 Å². The van der Waals surface area contributed by atoms with Crippen molar-refractivity contribution in [2.24, 2.45) is 0 Å². The van der Waals surface area contributed by atoms with Crippen LogP contribution in [0.1, 0.15) is 0 Å². The number of hydrogen-bond donors (Lipinski definition) is 0. The fourth-order valence-electron chi connectivity index (χ4n) is 0. The van der Waals surface area contributed by atoms with Crippen LogP contribution in [0.4, 0.5) is 0 Å². The zero-order chi connectivity index (χ0) is 0. The summed E-state index contributed by atoms with van der Waals surface area (Å²) in [6.07, 6.45) is 0. The Morgan fingerprint density at radius 1 is 0.750 bits per heavy atom. The molecule has 28 valence electrons. The van der Waals surface area contributed by atoms with Gasteiger partial charge in [-0.2, -0.15) is 0 Å². The van der Waals surface area contributed by atoms with Crippen molar-refractivity contribution in [1.29, 1.82) is 0 Å². The van der Waals surface area contributed by atoms with Crippen LogP contribution in [0.5, 0.6) is 0 Å². The van der Waals surface area contributed by atoms with E-state index in [-0.39, 0.29) is 47.4 Å². The van der Waals surface area contributed by atoms with Crippen molar-refractivity contribution in [3.63, 3.8) is 0 Å². The van der Waals surface area contributed by atoms with Crippen molar-refractivity contribution < 1.29 is 47.4 Å². The molecule has 0 unspecified atom stereocenters. The van der Waals surface area contributed by atoms with Gasteiger partial charge < -0.3 is 24.8 Å². The molecule has 2 radical (unpaired) electrons. The minimum atomic E-state index is 0. The van der Waals surface area contributed by atoms with Gasteiger partial charge in [-0.05, 0) is 0 Å². The van der Waals surface area contributed by atoms with E-state index >= 15 is 0 Å². The topological polar surface area (TPSA) is 28.5 Å². The van der Waals surface area contributed by atoms with Crippen LogP contribution < -0.4 is 24.8 Å². The zero-order valence-electron chi connectivity index (χ0n) is 1.52. The third-order valence-corrected chi connectivity index (χ3v) is 0. The van der Waals surface area contributed by atoms with E-state index in [1.54, 1.807) is 0 Å². The maximum atomic E-state index is 0. The quantitative estimate of drug-likeness (QED) is 0.302. The Kier molecular flexibility index (Phi) is 629. The third-order valence-electron chi connectivity index (χ3n) is 0. The summed E-state index contributed by atoms with van der Waals surface area (Å²) >= 11 is 0. The molecule has 0 saturated carbocycles. The largest absolute Gasteiger partial charge is 2.00 e. The molecule has 0 heterocycles. The van der Waals surface area contributed by atoms with Crippen LogP contribution in [-0.2, 0) is 22.5 Å². The van der Waals surface area contributed by atoms with Crippen LogP contribution >= 0.6 is 0 Å². The van der Waals surface area contributed by atoms with E-state index in [4.69, 9.17) is 0 Å². The van der Waals surface area contributed by atoms with Gasteiger partial charge in [-0.1, -0.05) is 0 Å². The van der Waals surface area contributed by atoms with E-state index in [0.717, 1.165) is 0 Å². The molecule has 1 nitrogen and oxygen atoms in total. The van der Waals surface area contributed by atoms with Gasteiger partial charge in [0.25, 0.3) is 0 Å². The molecule has 0 spiro atoms. The summed E-state index contributed by atoms with van der Waals surface area (Å²) in [4.78, 5) is 0. The molecule has 4 heteroatoms. The summed E-state index contributed by atoms with van der Waals surface area (Å²) in [5.74, 6) is 0. The van der Waals surface area contributed by atoms with E-state index < -0.39 is 0 Å². The third kappa shape index (κ3) is 11.6. The van der Waals surface area contributed by atoms with E-state index in [1.165, 1.54) is 0 Å². The first-order valence-electron chi connectivity index (χ1n) is 0. The minimum Gasteiger partial charge on any atom is -1.00 e. The SMILES string of the molecule is [Cl-].[Cl-].[Fe+2].[O]. The smallest absolute Gasteiger partial charge is 1.00 e. The average molecular weight is 143 g/mol. The molecule has 0 aromatic carbocycles. The normalized spacial score (nSPS) is 0. The molecule has 0 amide bonds. The molecule has 0 aromatic rings. The molecule has 0 rings (SSSR count). The van der Waals surface area contributed by atoms with Crippen LogP contribution in [0.2, 0.25) is 0 Å². The maximum absolute atomic E-state index is 0. The average Bonchev–Trinajstić information content (AvgIpc) is 0. The summed E-state index contributed by atoms with van der Waals surface area (Å²) in [6.45, 7) is 0. The van der Waals surface area contributed by atoms with E-state index in [9.17, 15) is 0 Å². The monoisotopic (exact) mass is 142 g/mol. The van der Waals surface area contributed by atoms with Crippen molar-refractivity contribution in [1.82, 2.24) is 0 Å². The van der Waals surface area contributed by atoms with Gasteiger partial charge in [-0.15, -0.1) is 0 Å². The Bertz CT molecular complexity index is 6.00. The summed E-state index contributed by atoms with van der Waals surface area (Å²) in [5, 5.41) is 0. The van der Waals surface area contributed by atoms with Gasteiger partial charge in [0.05, 0.1) is 0 Å². The Labute approximate surface area is 47.8 Å². The second-order valence-corrected chi connectivity index (χ2v) is 0. The van der Waals surface area contributed by atoms with Gasteiger partial charge in [0.15, 0.2) is 0 Å². The van der Waals surface area contributed by atoms with Crippen LogP contribution in [0.25, 0.3) is 0 Å². The van der Waals surface area contributed by atoms with Crippen LogP contribution in [0, 0.1) is 0 Å². The summed E-state index contributed by atoms with van der Waals surface area (Å²) in [5.41, 5.74) is 0. The molecule has 0 aromatic heterocycles. The standard InChI is InChI=1S/2ClH.Fe.O/h2*1H;;/q;;+2;/p-2. The molecule has 4 heavy (non-hydrogen) atoms. The second kappa shape index (κ2) is 33.9. The van der Waals surface area contributed by atoms with Crippen molar-refractivity contribution in [3.05, 3.63) is 0 Å². The van der Waals surface area contributed by atoms with Crippen LogP contribution in [0.3, 0.4) is 0 Å². The van der Waals surface area contributed by atoms with Gasteiger partial charge >= 0.3 is 17.1 Å². The first-order chi connectivity index (χ1) is 0. The fraction of sp³-hybridized carbons (Fsp3) is 0. The molecule has 0 saturated heterocycles. The Morgan fingerprint density at radius 2 is 0.750 bits per heavy atom. The molecule has 0 aliphatic rings. The Balaban J connectivity index is 0. The first kappa shape index (κ1) is 74.3. The summed E-state index contributed by atoms with van der Waals surface area (Å²) in [6, 6.07) is 0. The van der Waals surface area contributed by atoms with Crippen molar-refractivity contribution in [2.75, 3.05) is 0 Å². The van der Waals surface area contributed by atoms with Crippen molar-refractivity contribution >= 4 is 0 Å². The first-order valence-corrected chi connectivity index (χ1v) is 0. The van der Waals surface area contributed by atoms with E-state index in [0.29, 0.717) is 0 Å².